The van der Waals surface area contributed by atoms with Gasteiger partial charge in [0.1, 0.15) is 35.1 Å². The highest BCUT2D eigenvalue weighted by Crippen LogP contribution is 2.41. The number of alkyl halides is 3. The van der Waals surface area contributed by atoms with Gasteiger partial charge in [-0.25, -0.2) is 0 Å². The highest BCUT2D eigenvalue weighted by atomic mass is 19.4. The van der Waals surface area contributed by atoms with E-state index in [4.69, 9.17) is 9.47 Å². The van der Waals surface area contributed by atoms with Crippen LogP contribution in [0.25, 0.3) is 6.08 Å². The number of hydrogen-bond donors (Lipinski definition) is 1. The van der Waals surface area contributed by atoms with Gasteiger partial charge in [-0.2, -0.15) is 0 Å². The molecule has 6 nitrogen and oxygen atoms in total. The molecule has 2 aliphatic heterocycles. The van der Waals surface area contributed by atoms with E-state index < -0.39 is 11.9 Å². The number of fused-ring (bicyclic) bond motifs is 2. The van der Waals surface area contributed by atoms with Crippen LogP contribution in [0.15, 0.2) is 72.4 Å². The van der Waals surface area contributed by atoms with Crippen LogP contribution in [-0.4, -0.2) is 30.5 Å². The second-order valence-electron chi connectivity index (χ2n) is 7.88. The van der Waals surface area contributed by atoms with Gasteiger partial charge in [-0.15, -0.1) is 13.2 Å². The van der Waals surface area contributed by atoms with E-state index in [0.29, 0.717) is 34.8 Å². The first-order valence-corrected chi connectivity index (χ1v) is 10.5. The predicted octanol–water partition coefficient (Wildman–Crippen LogP) is 4.60. The number of carbonyl (C=O) groups excluding carboxylic acids is 1. The maximum atomic E-state index is 13.4. The number of hydrogen-bond acceptors (Lipinski definition) is 5. The first-order valence-electron chi connectivity index (χ1n) is 10.5. The number of benzene rings is 2. The molecular formula is C25H19F3N2O4. The fraction of sp³-hybridized carbons (Fsp3) is 0.200. The van der Waals surface area contributed by atoms with E-state index in [1.54, 1.807) is 24.4 Å². The monoisotopic (exact) mass is 468 g/mol. The normalized spacial score (nSPS) is 19.0. The quantitative estimate of drug-likeness (QED) is 0.606. The van der Waals surface area contributed by atoms with Gasteiger partial charge in [0.25, 0.3) is 5.91 Å². The molecule has 0 bridgehead atoms. The Hall–Kier alpha value is -4.01. The number of rotatable bonds is 4. The fourth-order valence-electron chi connectivity index (χ4n) is 4.20. The number of halogens is 3. The molecule has 174 valence electrons. The molecular weight excluding hydrogens is 449 g/mol. The van der Waals surface area contributed by atoms with Crippen molar-refractivity contribution in [2.75, 3.05) is 13.2 Å². The summed E-state index contributed by atoms with van der Waals surface area (Å²) in [4.78, 5) is 17.9. The highest BCUT2D eigenvalue weighted by Gasteiger charge is 2.43. The number of nitrogens with one attached hydrogen (secondary N) is 1. The van der Waals surface area contributed by atoms with Crippen molar-refractivity contribution >= 4 is 12.0 Å². The lowest BCUT2D eigenvalue weighted by atomic mass is 9.81. The Morgan fingerprint density at radius 1 is 1.00 bits per heavy atom. The third kappa shape index (κ3) is 4.16. The molecule has 0 spiro atoms. The number of amides is 1. The zero-order chi connectivity index (χ0) is 23.8. The van der Waals surface area contributed by atoms with Crippen LogP contribution in [0, 0.1) is 0 Å². The Balaban J connectivity index is 1.53. The minimum atomic E-state index is -4.80. The van der Waals surface area contributed by atoms with Gasteiger partial charge in [0.15, 0.2) is 0 Å². The Labute approximate surface area is 193 Å². The fourth-order valence-corrected chi connectivity index (χ4v) is 4.20. The first kappa shape index (κ1) is 21.8. The minimum Gasteiger partial charge on any atom is -0.491 e. The highest BCUT2D eigenvalue weighted by molar-refractivity contribution is 6.00. The number of aromatic nitrogens is 1. The van der Waals surface area contributed by atoms with Crippen molar-refractivity contribution < 1.29 is 32.2 Å². The van der Waals surface area contributed by atoms with Crippen LogP contribution in [-0.2, 0) is 10.3 Å². The van der Waals surface area contributed by atoms with E-state index in [1.807, 2.05) is 24.3 Å². The summed E-state index contributed by atoms with van der Waals surface area (Å²) in [5.41, 5.74) is 1.10. The second kappa shape index (κ2) is 8.40. The molecule has 0 fully saturated rings. The largest absolute Gasteiger partial charge is 0.573 e. The van der Waals surface area contributed by atoms with Crippen molar-refractivity contribution in [2.45, 2.75) is 18.3 Å². The van der Waals surface area contributed by atoms with Gasteiger partial charge in [0, 0.05) is 18.2 Å². The van der Waals surface area contributed by atoms with Gasteiger partial charge in [-0.1, -0.05) is 30.3 Å². The van der Waals surface area contributed by atoms with Crippen LogP contribution < -0.4 is 19.5 Å². The SMILES string of the molecule is O=C(N[C@]1(c2ccc(OC(F)(F)F)cc2)CCOc2cccnc21)C1=Cc2ccccc2OC1. The Kier molecular flexibility index (Phi) is 5.39. The molecule has 1 amide bonds. The first-order chi connectivity index (χ1) is 16.3. The molecule has 0 unspecified atom stereocenters. The van der Waals surface area contributed by atoms with Gasteiger partial charge in [0.2, 0.25) is 0 Å². The zero-order valence-corrected chi connectivity index (χ0v) is 17.8. The lowest BCUT2D eigenvalue weighted by Gasteiger charge is -2.39. The average molecular weight is 468 g/mol. The molecule has 34 heavy (non-hydrogen) atoms. The van der Waals surface area contributed by atoms with Gasteiger partial charge in [-0.05, 0) is 42.0 Å². The molecule has 5 rings (SSSR count). The molecule has 1 atom stereocenters. The maximum Gasteiger partial charge on any atom is 0.573 e. The molecule has 1 aromatic heterocycles. The molecule has 9 heteroatoms. The summed E-state index contributed by atoms with van der Waals surface area (Å²) >= 11 is 0. The van der Waals surface area contributed by atoms with Gasteiger partial charge in [-0.3, -0.25) is 9.78 Å². The van der Waals surface area contributed by atoms with Crippen molar-refractivity contribution in [1.82, 2.24) is 10.3 Å². The summed E-state index contributed by atoms with van der Waals surface area (Å²) in [6.07, 6.45) is -1.13. The second-order valence-corrected chi connectivity index (χ2v) is 7.88. The third-order valence-corrected chi connectivity index (χ3v) is 5.74. The van der Waals surface area contributed by atoms with Gasteiger partial charge >= 0.3 is 6.36 Å². The molecule has 0 saturated carbocycles. The summed E-state index contributed by atoms with van der Waals surface area (Å²) in [6, 6.07) is 16.2. The van der Waals surface area contributed by atoms with Crippen molar-refractivity contribution in [3.8, 4) is 17.2 Å². The number of carbonyl (C=O) groups is 1. The number of pyridine rings is 1. The summed E-state index contributed by atoms with van der Waals surface area (Å²) < 4.78 is 53.3. The molecule has 2 aliphatic rings. The maximum absolute atomic E-state index is 13.4. The van der Waals surface area contributed by atoms with E-state index in [0.717, 1.165) is 5.56 Å². The molecule has 1 N–H and O–H groups in total. The van der Waals surface area contributed by atoms with Crippen LogP contribution in [0.1, 0.15) is 23.2 Å². The number of para-hydroxylation sites is 1. The van der Waals surface area contributed by atoms with Crippen molar-refractivity contribution in [3.05, 3.63) is 89.3 Å². The van der Waals surface area contributed by atoms with Crippen molar-refractivity contribution in [3.63, 3.8) is 0 Å². The molecule has 3 aromatic rings. The van der Waals surface area contributed by atoms with E-state index in [2.05, 4.69) is 15.0 Å². The van der Waals surface area contributed by atoms with Crippen LogP contribution in [0.5, 0.6) is 17.2 Å². The minimum absolute atomic E-state index is 0.0862. The summed E-state index contributed by atoms with van der Waals surface area (Å²) in [6.45, 7) is 0.362. The summed E-state index contributed by atoms with van der Waals surface area (Å²) in [5.74, 6) is 0.450. The van der Waals surface area contributed by atoms with Crippen molar-refractivity contribution in [2.24, 2.45) is 0 Å². The van der Waals surface area contributed by atoms with Gasteiger partial charge < -0.3 is 19.5 Å². The summed E-state index contributed by atoms with van der Waals surface area (Å²) in [5, 5.41) is 3.08. The number of nitrogens with zero attached hydrogens (tertiary/aromatic N) is 1. The average Bonchev–Trinajstić information content (AvgIpc) is 2.83. The van der Waals surface area contributed by atoms with Crippen LogP contribution >= 0.6 is 0 Å². The van der Waals surface area contributed by atoms with E-state index in [-0.39, 0.29) is 24.9 Å². The molecule has 2 aromatic carbocycles. The van der Waals surface area contributed by atoms with E-state index in [9.17, 15) is 18.0 Å². The standard InChI is InChI=1S/C25H19F3N2O4/c26-25(27,28)34-19-9-7-18(8-10-19)24(11-13-32-21-6-3-12-29-22(21)24)30-23(31)17-14-16-4-1-2-5-20(16)33-15-17/h1-10,12,14H,11,13,15H2,(H,30,31)/t24-/m0/s1. The Morgan fingerprint density at radius 3 is 2.56 bits per heavy atom. The summed E-state index contributed by atoms with van der Waals surface area (Å²) in [7, 11) is 0. The molecule has 0 saturated heterocycles. The van der Waals surface area contributed by atoms with Crippen molar-refractivity contribution in [1.29, 1.82) is 0 Å². The lowest BCUT2D eigenvalue weighted by Crippen LogP contribution is -2.51. The predicted molar refractivity (Wildman–Crippen MR) is 116 cm³/mol. The molecule has 3 heterocycles. The van der Waals surface area contributed by atoms with E-state index >= 15 is 0 Å². The topological polar surface area (TPSA) is 69.7 Å². The smallest absolute Gasteiger partial charge is 0.491 e. The zero-order valence-electron chi connectivity index (χ0n) is 17.8. The van der Waals surface area contributed by atoms with Crippen LogP contribution in [0.2, 0.25) is 0 Å². The van der Waals surface area contributed by atoms with E-state index in [1.165, 1.54) is 24.3 Å². The Morgan fingerprint density at radius 2 is 1.76 bits per heavy atom. The number of ether oxygens (including phenoxy) is 3. The van der Waals surface area contributed by atoms with Crippen LogP contribution in [0.4, 0.5) is 13.2 Å². The molecule has 0 radical (unpaired) electrons. The van der Waals surface area contributed by atoms with Crippen LogP contribution in [0.3, 0.4) is 0 Å². The lowest BCUT2D eigenvalue weighted by molar-refractivity contribution is -0.274. The molecule has 0 aliphatic carbocycles. The Bertz CT molecular complexity index is 1260. The third-order valence-electron chi connectivity index (χ3n) is 5.74. The van der Waals surface area contributed by atoms with Gasteiger partial charge in [0.05, 0.1) is 12.2 Å².